The normalized spacial score (nSPS) is 24.4. The smallest absolute Gasteiger partial charge is 0.123 e. The molecule has 0 aliphatic heterocycles. The van der Waals surface area contributed by atoms with Gasteiger partial charge in [-0.3, -0.25) is 0 Å². The third-order valence-corrected chi connectivity index (χ3v) is 2.55. The second kappa shape index (κ2) is 4.53. The van der Waals surface area contributed by atoms with Gasteiger partial charge in [0.2, 0.25) is 0 Å². The fourth-order valence-corrected chi connectivity index (χ4v) is 1.70. The SMILES string of the molecule is CCOc1cccc(OC2CC(N)C2)c1. The second-order valence-corrected chi connectivity index (χ2v) is 3.88. The Balaban J connectivity index is 1.93. The minimum Gasteiger partial charge on any atom is -0.494 e. The van der Waals surface area contributed by atoms with Crippen molar-refractivity contribution < 1.29 is 9.47 Å². The van der Waals surface area contributed by atoms with Gasteiger partial charge in [-0.05, 0) is 31.9 Å². The standard InChI is InChI=1S/C12H17NO2/c1-2-14-10-4-3-5-11(8-10)15-12-6-9(13)7-12/h3-5,8-9,12H,2,6-7,13H2,1H3. The van der Waals surface area contributed by atoms with E-state index >= 15 is 0 Å². The van der Waals surface area contributed by atoms with Crippen LogP contribution in [0.25, 0.3) is 0 Å². The van der Waals surface area contributed by atoms with Crippen molar-refractivity contribution in [2.75, 3.05) is 6.61 Å². The molecule has 3 nitrogen and oxygen atoms in total. The fourth-order valence-electron chi connectivity index (χ4n) is 1.70. The average molecular weight is 207 g/mol. The minimum atomic E-state index is 0.289. The zero-order valence-electron chi connectivity index (χ0n) is 8.98. The highest BCUT2D eigenvalue weighted by Crippen LogP contribution is 2.26. The van der Waals surface area contributed by atoms with E-state index in [1.807, 2.05) is 31.2 Å². The number of nitrogens with two attached hydrogens (primary N) is 1. The lowest BCUT2D eigenvalue weighted by Gasteiger charge is -2.32. The molecule has 3 heteroatoms. The number of rotatable bonds is 4. The van der Waals surface area contributed by atoms with E-state index in [1.54, 1.807) is 0 Å². The molecule has 0 amide bonds. The Hall–Kier alpha value is -1.22. The van der Waals surface area contributed by atoms with Gasteiger partial charge in [0.1, 0.15) is 17.6 Å². The van der Waals surface area contributed by atoms with Gasteiger partial charge in [0.05, 0.1) is 6.61 Å². The molecule has 0 heterocycles. The van der Waals surface area contributed by atoms with Crippen LogP contribution in [0.4, 0.5) is 0 Å². The Kier molecular flexibility index (Phi) is 3.11. The van der Waals surface area contributed by atoms with Gasteiger partial charge < -0.3 is 15.2 Å². The third-order valence-electron chi connectivity index (χ3n) is 2.55. The van der Waals surface area contributed by atoms with Crippen LogP contribution in [0, 0.1) is 0 Å². The van der Waals surface area contributed by atoms with Crippen molar-refractivity contribution in [1.82, 2.24) is 0 Å². The van der Waals surface area contributed by atoms with E-state index in [2.05, 4.69) is 0 Å². The van der Waals surface area contributed by atoms with Crippen molar-refractivity contribution in [1.29, 1.82) is 0 Å². The molecule has 0 spiro atoms. The first-order valence-corrected chi connectivity index (χ1v) is 5.43. The second-order valence-electron chi connectivity index (χ2n) is 3.88. The largest absolute Gasteiger partial charge is 0.494 e. The molecule has 2 rings (SSSR count). The molecule has 0 aromatic heterocycles. The number of hydrogen-bond acceptors (Lipinski definition) is 3. The van der Waals surface area contributed by atoms with Crippen LogP contribution in [0.2, 0.25) is 0 Å². The van der Waals surface area contributed by atoms with Crippen LogP contribution in [0.3, 0.4) is 0 Å². The lowest BCUT2D eigenvalue weighted by Crippen LogP contribution is -2.43. The molecule has 1 aromatic rings. The lowest BCUT2D eigenvalue weighted by molar-refractivity contribution is 0.101. The van der Waals surface area contributed by atoms with Gasteiger partial charge in [-0.15, -0.1) is 0 Å². The molecule has 82 valence electrons. The molecule has 0 radical (unpaired) electrons. The number of hydrogen-bond donors (Lipinski definition) is 1. The molecule has 0 bridgehead atoms. The van der Waals surface area contributed by atoms with Crippen molar-refractivity contribution in [2.45, 2.75) is 31.9 Å². The Labute approximate surface area is 90.2 Å². The topological polar surface area (TPSA) is 44.5 Å². The van der Waals surface area contributed by atoms with Crippen LogP contribution in [-0.2, 0) is 0 Å². The summed E-state index contributed by atoms with van der Waals surface area (Å²) in [5, 5.41) is 0. The fraction of sp³-hybridized carbons (Fsp3) is 0.500. The van der Waals surface area contributed by atoms with Crippen molar-refractivity contribution in [3.8, 4) is 11.5 Å². The van der Waals surface area contributed by atoms with Gasteiger partial charge in [-0.1, -0.05) is 6.07 Å². The quantitative estimate of drug-likeness (QED) is 0.820. The van der Waals surface area contributed by atoms with Gasteiger partial charge in [0.15, 0.2) is 0 Å². The van der Waals surface area contributed by atoms with Gasteiger partial charge in [0.25, 0.3) is 0 Å². The summed E-state index contributed by atoms with van der Waals surface area (Å²) >= 11 is 0. The molecule has 15 heavy (non-hydrogen) atoms. The maximum absolute atomic E-state index is 5.75. The molecule has 2 N–H and O–H groups in total. The number of ether oxygens (including phenoxy) is 2. The summed E-state index contributed by atoms with van der Waals surface area (Å²) in [6.07, 6.45) is 2.20. The van der Waals surface area contributed by atoms with Crippen LogP contribution in [0.1, 0.15) is 19.8 Å². The molecule has 1 saturated carbocycles. The highest BCUT2D eigenvalue weighted by molar-refractivity contribution is 5.33. The molecule has 1 aromatic carbocycles. The van der Waals surface area contributed by atoms with Crippen LogP contribution in [0.15, 0.2) is 24.3 Å². The Morgan fingerprint density at radius 3 is 2.73 bits per heavy atom. The van der Waals surface area contributed by atoms with Gasteiger partial charge in [0, 0.05) is 12.1 Å². The molecular weight excluding hydrogens is 190 g/mol. The first-order chi connectivity index (χ1) is 7.28. The van der Waals surface area contributed by atoms with E-state index in [0.29, 0.717) is 12.6 Å². The first kappa shape index (κ1) is 10.3. The van der Waals surface area contributed by atoms with Crippen molar-refractivity contribution in [3.05, 3.63) is 24.3 Å². The van der Waals surface area contributed by atoms with E-state index in [4.69, 9.17) is 15.2 Å². The van der Waals surface area contributed by atoms with Gasteiger partial charge in [-0.25, -0.2) is 0 Å². The summed E-state index contributed by atoms with van der Waals surface area (Å²) < 4.78 is 11.1. The zero-order valence-corrected chi connectivity index (χ0v) is 8.98. The Bertz CT molecular complexity index is 321. The molecule has 1 aliphatic carbocycles. The maximum Gasteiger partial charge on any atom is 0.123 e. The average Bonchev–Trinajstić information content (AvgIpc) is 2.17. The van der Waals surface area contributed by atoms with Crippen molar-refractivity contribution in [3.63, 3.8) is 0 Å². The van der Waals surface area contributed by atoms with Crippen LogP contribution < -0.4 is 15.2 Å². The maximum atomic E-state index is 5.75. The summed E-state index contributed by atoms with van der Waals surface area (Å²) in [5.41, 5.74) is 5.70. The first-order valence-electron chi connectivity index (χ1n) is 5.43. The summed E-state index contributed by atoms with van der Waals surface area (Å²) in [6, 6.07) is 8.08. The summed E-state index contributed by atoms with van der Waals surface area (Å²) in [4.78, 5) is 0. The minimum absolute atomic E-state index is 0.289. The predicted molar refractivity (Wildman–Crippen MR) is 59.2 cm³/mol. The highest BCUT2D eigenvalue weighted by atomic mass is 16.5. The van der Waals surface area contributed by atoms with E-state index in [0.717, 1.165) is 24.3 Å². The lowest BCUT2D eigenvalue weighted by atomic mass is 9.90. The van der Waals surface area contributed by atoms with Crippen LogP contribution in [0.5, 0.6) is 11.5 Å². The zero-order chi connectivity index (χ0) is 10.7. The van der Waals surface area contributed by atoms with E-state index in [9.17, 15) is 0 Å². The Morgan fingerprint density at radius 1 is 1.33 bits per heavy atom. The summed E-state index contributed by atoms with van der Waals surface area (Å²) in [5.74, 6) is 1.73. The molecule has 1 fully saturated rings. The monoisotopic (exact) mass is 207 g/mol. The Morgan fingerprint density at radius 2 is 2.07 bits per heavy atom. The third kappa shape index (κ3) is 2.63. The van der Waals surface area contributed by atoms with Crippen molar-refractivity contribution >= 4 is 0 Å². The summed E-state index contributed by atoms with van der Waals surface area (Å²) in [6.45, 7) is 2.65. The molecular formula is C12H17NO2. The van der Waals surface area contributed by atoms with E-state index in [1.165, 1.54) is 0 Å². The molecule has 0 saturated heterocycles. The van der Waals surface area contributed by atoms with E-state index in [-0.39, 0.29) is 6.10 Å². The molecule has 0 unspecified atom stereocenters. The van der Waals surface area contributed by atoms with E-state index < -0.39 is 0 Å². The van der Waals surface area contributed by atoms with Gasteiger partial charge >= 0.3 is 0 Å². The van der Waals surface area contributed by atoms with Gasteiger partial charge in [-0.2, -0.15) is 0 Å². The summed E-state index contributed by atoms with van der Waals surface area (Å²) in [7, 11) is 0. The van der Waals surface area contributed by atoms with Crippen LogP contribution in [-0.4, -0.2) is 18.8 Å². The number of benzene rings is 1. The van der Waals surface area contributed by atoms with Crippen molar-refractivity contribution in [2.24, 2.45) is 5.73 Å². The van der Waals surface area contributed by atoms with Crippen LogP contribution >= 0.6 is 0 Å². The highest BCUT2D eigenvalue weighted by Gasteiger charge is 2.27. The molecule has 1 aliphatic rings. The molecule has 0 atom stereocenters. The predicted octanol–water partition coefficient (Wildman–Crippen LogP) is 1.95.